The maximum absolute atomic E-state index is 12.1. The van der Waals surface area contributed by atoms with Gasteiger partial charge >= 0.3 is 0 Å². The maximum Gasteiger partial charge on any atom is 0.263 e. The molecular formula is C13H17Cl2N3OS2. The number of nitrogens with zero attached hydrogens (tertiary/aromatic N) is 1. The van der Waals surface area contributed by atoms with Gasteiger partial charge in [0.2, 0.25) is 0 Å². The van der Waals surface area contributed by atoms with Crippen LogP contribution in [0, 0.1) is 12.8 Å². The van der Waals surface area contributed by atoms with Gasteiger partial charge in [0, 0.05) is 6.54 Å². The Kier molecular flexibility index (Phi) is 7.09. The van der Waals surface area contributed by atoms with Crippen molar-refractivity contribution in [1.82, 2.24) is 10.3 Å². The molecule has 1 unspecified atom stereocenters. The lowest BCUT2D eigenvalue weighted by molar-refractivity contribution is 0.0952. The van der Waals surface area contributed by atoms with Gasteiger partial charge in [-0.1, -0.05) is 18.5 Å². The summed E-state index contributed by atoms with van der Waals surface area (Å²) in [6.07, 6.45) is 0. The maximum atomic E-state index is 12.1. The summed E-state index contributed by atoms with van der Waals surface area (Å²) < 4.78 is 0.718. The Balaban J connectivity index is 0.00000220. The first-order valence-electron chi connectivity index (χ1n) is 6.22. The monoisotopic (exact) mass is 365 g/mol. The molecule has 8 heteroatoms. The minimum Gasteiger partial charge on any atom is -0.351 e. The highest BCUT2D eigenvalue weighted by atomic mass is 35.5. The van der Waals surface area contributed by atoms with Crippen molar-refractivity contribution in [2.45, 2.75) is 13.8 Å². The van der Waals surface area contributed by atoms with E-state index in [1.165, 1.54) is 22.7 Å². The molecular weight excluding hydrogens is 349 g/mol. The number of aryl methyl sites for hydroxylation is 1. The first-order chi connectivity index (χ1) is 9.51. The second kappa shape index (κ2) is 8.10. The van der Waals surface area contributed by atoms with E-state index in [-0.39, 0.29) is 24.2 Å². The Bertz CT molecular complexity index is 612. The number of carbonyl (C=O) groups excluding carboxylic acids is 1. The van der Waals surface area contributed by atoms with Gasteiger partial charge in [-0.25, -0.2) is 4.98 Å². The molecule has 1 atom stereocenters. The largest absolute Gasteiger partial charge is 0.351 e. The molecule has 0 bridgehead atoms. The fourth-order valence-electron chi connectivity index (χ4n) is 1.57. The summed E-state index contributed by atoms with van der Waals surface area (Å²) >= 11 is 8.78. The Morgan fingerprint density at radius 2 is 2.19 bits per heavy atom. The first kappa shape index (κ1) is 18.4. The van der Waals surface area contributed by atoms with Crippen molar-refractivity contribution in [3.63, 3.8) is 0 Å². The summed E-state index contributed by atoms with van der Waals surface area (Å²) in [5.74, 6) is 0.178. The number of halogens is 2. The predicted molar refractivity (Wildman–Crippen MR) is 93.0 cm³/mol. The smallest absolute Gasteiger partial charge is 0.263 e. The van der Waals surface area contributed by atoms with Crippen LogP contribution in [0.25, 0.3) is 9.88 Å². The normalized spacial score (nSPS) is 11.8. The molecule has 0 saturated heterocycles. The number of nitrogens with one attached hydrogen (secondary N) is 1. The number of thiophene rings is 1. The lowest BCUT2D eigenvalue weighted by Crippen LogP contribution is -2.31. The summed E-state index contributed by atoms with van der Waals surface area (Å²) in [5.41, 5.74) is 6.28. The third kappa shape index (κ3) is 4.66. The first-order valence-corrected chi connectivity index (χ1v) is 8.23. The zero-order chi connectivity index (χ0) is 14.7. The van der Waals surface area contributed by atoms with Crippen molar-refractivity contribution in [1.29, 1.82) is 0 Å². The minimum atomic E-state index is -0.0887. The fraction of sp³-hybridized carbons (Fsp3) is 0.385. The summed E-state index contributed by atoms with van der Waals surface area (Å²) in [7, 11) is 0. The van der Waals surface area contributed by atoms with E-state index in [1.807, 2.05) is 26.0 Å². The number of hydrogen-bond acceptors (Lipinski definition) is 5. The molecule has 21 heavy (non-hydrogen) atoms. The molecule has 116 valence electrons. The van der Waals surface area contributed by atoms with Crippen LogP contribution in [0.5, 0.6) is 0 Å². The Morgan fingerprint density at radius 3 is 2.76 bits per heavy atom. The fourth-order valence-corrected chi connectivity index (χ4v) is 3.65. The summed E-state index contributed by atoms with van der Waals surface area (Å²) in [5, 5.41) is 3.72. The SMILES string of the molecule is Cc1nc(-c2ccc(Cl)s2)sc1C(=O)NCC(C)CN.Cl. The molecule has 0 radical (unpaired) electrons. The number of amides is 1. The van der Waals surface area contributed by atoms with Crippen LogP contribution in [-0.2, 0) is 0 Å². The van der Waals surface area contributed by atoms with Gasteiger partial charge in [0.25, 0.3) is 5.91 Å². The highest BCUT2D eigenvalue weighted by molar-refractivity contribution is 7.24. The predicted octanol–water partition coefficient (Wildman–Crippen LogP) is 3.58. The highest BCUT2D eigenvalue weighted by Gasteiger charge is 2.17. The topological polar surface area (TPSA) is 68.0 Å². The Hall–Kier alpha value is -0.660. The van der Waals surface area contributed by atoms with E-state index < -0.39 is 0 Å². The van der Waals surface area contributed by atoms with Gasteiger partial charge < -0.3 is 11.1 Å². The van der Waals surface area contributed by atoms with E-state index in [4.69, 9.17) is 17.3 Å². The average Bonchev–Trinajstić information content (AvgIpc) is 3.01. The number of thiazole rings is 1. The van der Waals surface area contributed by atoms with Gasteiger partial charge in [-0.3, -0.25) is 4.79 Å². The summed E-state index contributed by atoms with van der Waals surface area (Å²) in [6.45, 7) is 4.98. The lowest BCUT2D eigenvalue weighted by Gasteiger charge is -2.09. The molecule has 1 amide bonds. The third-order valence-electron chi connectivity index (χ3n) is 2.80. The number of carbonyl (C=O) groups is 1. The third-order valence-corrected chi connectivity index (χ3v) is 5.36. The van der Waals surface area contributed by atoms with Gasteiger partial charge in [-0.15, -0.1) is 35.1 Å². The Morgan fingerprint density at radius 1 is 1.48 bits per heavy atom. The van der Waals surface area contributed by atoms with Crippen LogP contribution in [0.4, 0.5) is 0 Å². The van der Waals surface area contributed by atoms with Crippen molar-refractivity contribution in [3.8, 4) is 9.88 Å². The average molecular weight is 366 g/mol. The molecule has 3 N–H and O–H groups in total. The van der Waals surface area contributed by atoms with E-state index in [1.54, 1.807) is 0 Å². The van der Waals surface area contributed by atoms with Crippen LogP contribution in [0.2, 0.25) is 4.34 Å². The van der Waals surface area contributed by atoms with Crippen molar-refractivity contribution in [2.24, 2.45) is 11.7 Å². The van der Waals surface area contributed by atoms with Gasteiger partial charge in [0.05, 0.1) is 14.9 Å². The zero-order valence-corrected chi connectivity index (χ0v) is 14.9. The highest BCUT2D eigenvalue weighted by Crippen LogP contribution is 2.34. The molecule has 2 heterocycles. The van der Waals surface area contributed by atoms with Gasteiger partial charge in [0.15, 0.2) is 0 Å². The van der Waals surface area contributed by atoms with E-state index in [2.05, 4.69) is 10.3 Å². The molecule has 2 aromatic rings. The van der Waals surface area contributed by atoms with Gasteiger partial charge in [0.1, 0.15) is 9.88 Å². The van der Waals surface area contributed by atoms with Crippen LogP contribution >= 0.6 is 46.7 Å². The molecule has 2 aromatic heterocycles. The molecule has 0 aliphatic carbocycles. The van der Waals surface area contributed by atoms with Crippen molar-refractivity contribution in [2.75, 3.05) is 13.1 Å². The van der Waals surface area contributed by atoms with E-state index in [0.717, 1.165) is 19.9 Å². The van der Waals surface area contributed by atoms with Crippen LogP contribution in [-0.4, -0.2) is 24.0 Å². The van der Waals surface area contributed by atoms with Crippen molar-refractivity contribution in [3.05, 3.63) is 27.0 Å². The van der Waals surface area contributed by atoms with Gasteiger partial charge in [-0.2, -0.15) is 0 Å². The number of rotatable bonds is 5. The molecule has 4 nitrogen and oxygen atoms in total. The van der Waals surface area contributed by atoms with Crippen LogP contribution in [0.1, 0.15) is 22.3 Å². The molecule has 0 fully saturated rings. The standard InChI is InChI=1S/C13H16ClN3OS2.ClH/c1-7(5-15)6-16-12(18)11-8(2)17-13(20-11)9-3-4-10(14)19-9;/h3-4,7H,5-6,15H2,1-2H3,(H,16,18);1H. The quantitative estimate of drug-likeness (QED) is 0.850. The molecule has 2 rings (SSSR count). The molecule has 0 aliphatic heterocycles. The minimum absolute atomic E-state index is 0. The van der Waals surface area contributed by atoms with E-state index in [0.29, 0.717) is 18.0 Å². The van der Waals surface area contributed by atoms with Crippen LogP contribution < -0.4 is 11.1 Å². The molecule has 0 aliphatic rings. The van der Waals surface area contributed by atoms with E-state index >= 15 is 0 Å². The summed E-state index contributed by atoms with van der Waals surface area (Å²) in [6, 6.07) is 3.75. The second-order valence-corrected chi connectivity index (χ2v) is 7.30. The van der Waals surface area contributed by atoms with Crippen LogP contribution in [0.15, 0.2) is 12.1 Å². The van der Waals surface area contributed by atoms with Crippen molar-refractivity contribution < 1.29 is 4.79 Å². The number of aromatic nitrogens is 1. The molecule has 0 saturated carbocycles. The zero-order valence-electron chi connectivity index (χ0n) is 11.7. The molecule has 0 aromatic carbocycles. The van der Waals surface area contributed by atoms with Crippen LogP contribution in [0.3, 0.4) is 0 Å². The van der Waals surface area contributed by atoms with E-state index in [9.17, 15) is 4.79 Å². The second-order valence-electron chi connectivity index (χ2n) is 4.59. The number of hydrogen-bond donors (Lipinski definition) is 2. The number of nitrogens with two attached hydrogens (primary N) is 1. The van der Waals surface area contributed by atoms with Gasteiger partial charge in [-0.05, 0) is 31.5 Å². The molecule has 0 spiro atoms. The summed E-state index contributed by atoms with van der Waals surface area (Å²) in [4.78, 5) is 18.2. The lowest BCUT2D eigenvalue weighted by atomic mass is 10.2. The Labute approximate surface area is 143 Å². The van der Waals surface area contributed by atoms with Crippen molar-refractivity contribution >= 4 is 52.6 Å².